The van der Waals surface area contributed by atoms with Gasteiger partial charge in [0.2, 0.25) is 0 Å². The second-order valence-electron chi connectivity index (χ2n) is 7.19. The van der Waals surface area contributed by atoms with Gasteiger partial charge < -0.3 is 19.8 Å². The van der Waals surface area contributed by atoms with Gasteiger partial charge in [-0.15, -0.1) is 0 Å². The molecule has 2 bridgehead atoms. The number of nitrogens with two attached hydrogens (primary N) is 1. The first-order valence-corrected chi connectivity index (χ1v) is 8.49. The molecule has 24 heavy (non-hydrogen) atoms. The van der Waals surface area contributed by atoms with E-state index in [0.29, 0.717) is 18.9 Å². The molecule has 0 radical (unpaired) electrons. The van der Waals surface area contributed by atoms with Crippen molar-refractivity contribution in [1.29, 1.82) is 0 Å². The van der Waals surface area contributed by atoms with Gasteiger partial charge in [-0.25, -0.2) is 0 Å². The van der Waals surface area contributed by atoms with Gasteiger partial charge in [0.25, 0.3) is 5.56 Å². The molecule has 2 aromatic heterocycles. The van der Waals surface area contributed by atoms with Gasteiger partial charge in [0.15, 0.2) is 0 Å². The van der Waals surface area contributed by atoms with E-state index in [-0.39, 0.29) is 16.7 Å². The van der Waals surface area contributed by atoms with Crippen molar-refractivity contribution in [2.75, 3.05) is 13.7 Å². The highest BCUT2D eigenvalue weighted by Gasteiger charge is 2.47. The lowest BCUT2D eigenvalue weighted by Crippen LogP contribution is -2.59. The van der Waals surface area contributed by atoms with E-state index in [0.717, 1.165) is 43.1 Å². The predicted molar refractivity (Wildman–Crippen MR) is 91.2 cm³/mol. The van der Waals surface area contributed by atoms with E-state index in [4.69, 9.17) is 15.2 Å². The summed E-state index contributed by atoms with van der Waals surface area (Å²) in [7, 11) is 1.60. The third kappa shape index (κ3) is 2.59. The fourth-order valence-corrected chi connectivity index (χ4v) is 3.92. The Bertz CT molecular complexity index is 805. The minimum atomic E-state index is -0.130. The zero-order valence-electron chi connectivity index (χ0n) is 14.0. The van der Waals surface area contributed by atoms with Gasteiger partial charge in [0.05, 0.1) is 36.5 Å². The minimum Gasteiger partial charge on any atom is -0.495 e. The van der Waals surface area contributed by atoms with Crippen LogP contribution in [0.2, 0.25) is 0 Å². The fourth-order valence-electron chi connectivity index (χ4n) is 3.92. The first-order valence-electron chi connectivity index (χ1n) is 8.49. The Morgan fingerprint density at radius 2 is 2.12 bits per heavy atom. The number of methoxy groups -OCH3 is 1. The number of nitrogens with zero attached hydrogens (tertiary/aromatic N) is 2. The average Bonchev–Trinajstić information content (AvgIpc) is 2.62. The summed E-state index contributed by atoms with van der Waals surface area (Å²) in [5, 5.41) is 0. The van der Waals surface area contributed by atoms with Crippen LogP contribution in [0.3, 0.4) is 0 Å². The molecule has 3 aliphatic rings. The van der Waals surface area contributed by atoms with Gasteiger partial charge >= 0.3 is 0 Å². The van der Waals surface area contributed by atoms with Crippen LogP contribution < -0.4 is 16.0 Å². The van der Waals surface area contributed by atoms with E-state index in [1.54, 1.807) is 30.0 Å². The Labute approximate surface area is 140 Å². The zero-order valence-corrected chi connectivity index (χ0v) is 14.0. The molecule has 0 amide bonds. The maximum absolute atomic E-state index is 12.4. The molecule has 0 atom stereocenters. The minimum absolute atomic E-state index is 0.0197. The van der Waals surface area contributed by atoms with Crippen LogP contribution in [0, 0.1) is 0 Å². The summed E-state index contributed by atoms with van der Waals surface area (Å²) in [4.78, 5) is 16.8. The lowest BCUT2D eigenvalue weighted by Gasteiger charge is -2.51. The number of fused-ring (bicyclic) bond motifs is 4. The van der Waals surface area contributed by atoms with Crippen molar-refractivity contribution in [3.63, 3.8) is 0 Å². The number of hydrogen-bond donors (Lipinski definition) is 1. The lowest BCUT2D eigenvalue weighted by atomic mass is 9.70. The van der Waals surface area contributed by atoms with Crippen molar-refractivity contribution in [3.05, 3.63) is 34.7 Å². The van der Waals surface area contributed by atoms with Crippen LogP contribution in [-0.4, -0.2) is 34.4 Å². The molecule has 6 heteroatoms. The van der Waals surface area contributed by atoms with E-state index in [9.17, 15) is 4.79 Å². The lowest BCUT2D eigenvalue weighted by molar-refractivity contribution is -0.157. The van der Waals surface area contributed by atoms with Gasteiger partial charge in [0, 0.05) is 24.2 Å². The van der Waals surface area contributed by atoms with E-state index < -0.39 is 0 Å². The van der Waals surface area contributed by atoms with Crippen molar-refractivity contribution < 1.29 is 9.47 Å². The molecule has 0 unspecified atom stereocenters. The number of aryl methyl sites for hydroxylation is 1. The smallest absolute Gasteiger partial charge is 0.251 e. The van der Waals surface area contributed by atoms with E-state index in [1.807, 2.05) is 6.07 Å². The third-order valence-electron chi connectivity index (χ3n) is 5.66. The van der Waals surface area contributed by atoms with Crippen LogP contribution in [0.4, 0.5) is 0 Å². The molecule has 1 saturated carbocycles. The topological polar surface area (TPSA) is 79.4 Å². The van der Waals surface area contributed by atoms with Crippen LogP contribution in [0.5, 0.6) is 5.75 Å². The summed E-state index contributed by atoms with van der Waals surface area (Å²) in [6, 6.07) is 5.20. The second-order valence-corrected chi connectivity index (χ2v) is 7.19. The summed E-state index contributed by atoms with van der Waals surface area (Å²) in [5.41, 5.74) is 7.61. The summed E-state index contributed by atoms with van der Waals surface area (Å²) >= 11 is 0. The third-order valence-corrected chi connectivity index (χ3v) is 5.66. The zero-order chi connectivity index (χ0) is 16.8. The first-order chi connectivity index (χ1) is 11.5. The van der Waals surface area contributed by atoms with Gasteiger partial charge in [-0.05, 0) is 38.2 Å². The number of hydrogen-bond acceptors (Lipinski definition) is 5. The number of pyridine rings is 2. The van der Waals surface area contributed by atoms with Crippen molar-refractivity contribution in [1.82, 2.24) is 9.55 Å². The summed E-state index contributed by atoms with van der Waals surface area (Å²) in [6.45, 7) is 1.25. The highest BCUT2D eigenvalue weighted by molar-refractivity contribution is 5.75. The fraction of sp³-hybridized carbons (Fsp3) is 0.556. The van der Waals surface area contributed by atoms with Crippen LogP contribution >= 0.6 is 0 Å². The first kappa shape index (κ1) is 15.6. The SMILES string of the molecule is COc1cnc2ccc(=O)n(CCC34CCC(N)(CC3)CO4)c2c1. The molecule has 2 aliphatic heterocycles. The van der Waals surface area contributed by atoms with E-state index >= 15 is 0 Å². The summed E-state index contributed by atoms with van der Waals surface area (Å²) in [6.07, 6.45) is 6.45. The molecular formula is C18H23N3O3. The molecule has 2 saturated heterocycles. The Morgan fingerprint density at radius 1 is 1.33 bits per heavy atom. The predicted octanol–water partition coefficient (Wildman–Crippen LogP) is 1.84. The molecule has 5 rings (SSSR count). The Hall–Kier alpha value is -1.92. The van der Waals surface area contributed by atoms with E-state index in [2.05, 4.69) is 4.98 Å². The largest absolute Gasteiger partial charge is 0.495 e. The highest BCUT2D eigenvalue weighted by Crippen LogP contribution is 2.44. The number of aromatic nitrogens is 2. The average molecular weight is 329 g/mol. The number of ether oxygens (including phenoxy) is 2. The van der Waals surface area contributed by atoms with Crippen LogP contribution in [0.1, 0.15) is 32.1 Å². The van der Waals surface area contributed by atoms with Crippen molar-refractivity contribution >= 4 is 11.0 Å². The van der Waals surface area contributed by atoms with Gasteiger partial charge in [-0.1, -0.05) is 0 Å². The van der Waals surface area contributed by atoms with Crippen molar-refractivity contribution in [2.45, 2.75) is 49.8 Å². The molecule has 4 heterocycles. The summed E-state index contributed by atoms with van der Waals surface area (Å²) < 4.78 is 13.1. The van der Waals surface area contributed by atoms with Crippen LogP contribution in [-0.2, 0) is 11.3 Å². The Kier molecular flexibility index (Phi) is 3.62. The molecule has 1 aliphatic carbocycles. The highest BCUT2D eigenvalue weighted by atomic mass is 16.5. The maximum atomic E-state index is 12.4. The van der Waals surface area contributed by atoms with Crippen LogP contribution in [0.15, 0.2) is 29.2 Å². The quantitative estimate of drug-likeness (QED) is 0.926. The van der Waals surface area contributed by atoms with Gasteiger partial charge in [0.1, 0.15) is 5.75 Å². The van der Waals surface area contributed by atoms with E-state index in [1.165, 1.54) is 0 Å². The van der Waals surface area contributed by atoms with Crippen molar-refractivity contribution in [2.24, 2.45) is 5.73 Å². The maximum Gasteiger partial charge on any atom is 0.251 e. The van der Waals surface area contributed by atoms with Crippen molar-refractivity contribution in [3.8, 4) is 5.75 Å². The molecule has 2 aromatic rings. The molecule has 128 valence electrons. The standard InChI is InChI=1S/C18H23N3O3/c1-23-13-10-15-14(20-11-13)2-3-16(22)21(15)9-8-18-6-4-17(19,5-7-18)12-24-18/h2-3,10-11H,4-9,12,19H2,1H3. The molecule has 0 aromatic carbocycles. The Morgan fingerprint density at radius 3 is 2.79 bits per heavy atom. The molecule has 3 fully saturated rings. The Balaban J connectivity index is 1.62. The van der Waals surface area contributed by atoms with Crippen LogP contribution in [0.25, 0.3) is 11.0 Å². The normalized spacial score (nSPS) is 29.1. The summed E-state index contributed by atoms with van der Waals surface area (Å²) in [5.74, 6) is 0.652. The number of rotatable bonds is 4. The molecule has 6 nitrogen and oxygen atoms in total. The molecule has 0 spiro atoms. The second kappa shape index (κ2) is 5.57. The van der Waals surface area contributed by atoms with Gasteiger partial charge in [-0.2, -0.15) is 0 Å². The van der Waals surface area contributed by atoms with Gasteiger partial charge in [-0.3, -0.25) is 9.78 Å². The molecule has 2 N–H and O–H groups in total. The monoisotopic (exact) mass is 329 g/mol. The molecular weight excluding hydrogens is 306 g/mol.